The van der Waals surface area contributed by atoms with E-state index in [1.807, 2.05) is 36.4 Å². The molecule has 2 aromatic rings. The van der Waals surface area contributed by atoms with Gasteiger partial charge in [-0.05, 0) is 29.7 Å². The molecule has 2 rings (SSSR count). The third-order valence-electron chi connectivity index (χ3n) is 3.42. The summed E-state index contributed by atoms with van der Waals surface area (Å²) in [5, 5.41) is 2.82. The molecule has 0 spiro atoms. The molecular weight excluding hydrogens is 302 g/mol. The molecule has 0 heterocycles. The molecule has 0 aromatic heterocycles. The fourth-order valence-corrected chi connectivity index (χ4v) is 2.26. The number of benzene rings is 2. The predicted molar refractivity (Wildman–Crippen MR) is 96.8 cm³/mol. The fraction of sp³-hybridized carbons (Fsp3) is 0.250. The summed E-state index contributed by atoms with van der Waals surface area (Å²) in [5.74, 6) is 1.44. The Morgan fingerprint density at radius 1 is 1.08 bits per heavy atom. The highest BCUT2D eigenvalue weighted by molar-refractivity contribution is 5.93. The number of para-hydroxylation sites is 3. The molecule has 0 aliphatic heterocycles. The molecule has 0 saturated carbocycles. The number of ether oxygens (including phenoxy) is 2. The topological polar surface area (TPSA) is 47.6 Å². The van der Waals surface area contributed by atoms with Crippen LogP contribution in [0, 0.1) is 0 Å². The van der Waals surface area contributed by atoms with Crippen molar-refractivity contribution in [2.24, 2.45) is 0 Å². The molecule has 0 unspecified atom stereocenters. The Labute approximate surface area is 143 Å². The standard InChI is InChI=1S/C20H23NO3/c1-4-13-23-19-12-8-6-10-17(19)21-20(22)14-24-18-11-7-5-9-16(18)15(2)3/h4-12,15H,1,13-14H2,2-3H3,(H,21,22). The Hall–Kier alpha value is -2.75. The summed E-state index contributed by atoms with van der Waals surface area (Å²) in [6.45, 7) is 8.13. The van der Waals surface area contributed by atoms with Crippen molar-refractivity contribution < 1.29 is 14.3 Å². The largest absolute Gasteiger partial charge is 0.487 e. The maximum Gasteiger partial charge on any atom is 0.262 e. The number of nitrogens with one attached hydrogen (secondary N) is 1. The van der Waals surface area contributed by atoms with Crippen LogP contribution in [0.15, 0.2) is 61.2 Å². The van der Waals surface area contributed by atoms with Gasteiger partial charge in [-0.25, -0.2) is 0 Å². The lowest BCUT2D eigenvalue weighted by atomic mass is 10.0. The van der Waals surface area contributed by atoms with Gasteiger partial charge in [0.15, 0.2) is 6.61 Å². The minimum absolute atomic E-state index is 0.0560. The average Bonchev–Trinajstić information content (AvgIpc) is 2.59. The quantitative estimate of drug-likeness (QED) is 0.732. The van der Waals surface area contributed by atoms with E-state index in [9.17, 15) is 4.79 Å². The predicted octanol–water partition coefficient (Wildman–Crippen LogP) is 4.39. The summed E-state index contributed by atoms with van der Waals surface area (Å²) < 4.78 is 11.2. The fourth-order valence-electron chi connectivity index (χ4n) is 2.26. The normalized spacial score (nSPS) is 10.3. The van der Waals surface area contributed by atoms with Gasteiger partial charge in [0.05, 0.1) is 5.69 Å². The number of carbonyl (C=O) groups excluding carboxylic acids is 1. The Kier molecular flexibility index (Phi) is 6.43. The van der Waals surface area contributed by atoms with Crippen LogP contribution in [0.5, 0.6) is 11.5 Å². The summed E-state index contributed by atoms with van der Waals surface area (Å²) in [5.41, 5.74) is 1.70. The number of rotatable bonds is 8. The van der Waals surface area contributed by atoms with Crippen molar-refractivity contribution in [1.82, 2.24) is 0 Å². The smallest absolute Gasteiger partial charge is 0.262 e. The molecule has 2 aromatic carbocycles. The first kappa shape index (κ1) is 17.6. The minimum atomic E-state index is -0.233. The van der Waals surface area contributed by atoms with Crippen LogP contribution in [-0.4, -0.2) is 19.1 Å². The zero-order chi connectivity index (χ0) is 17.4. The van der Waals surface area contributed by atoms with Gasteiger partial charge in [0.2, 0.25) is 0 Å². The zero-order valence-electron chi connectivity index (χ0n) is 14.1. The number of amides is 1. The van der Waals surface area contributed by atoms with Gasteiger partial charge < -0.3 is 14.8 Å². The molecule has 0 bridgehead atoms. The van der Waals surface area contributed by atoms with Crippen molar-refractivity contribution in [3.05, 3.63) is 66.7 Å². The number of anilines is 1. The van der Waals surface area contributed by atoms with E-state index in [-0.39, 0.29) is 12.5 Å². The first-order chi connectivity index (χ1) is 11.6. The lowest BCUT2D eigenvalue weighted by molar-refractivity contribution is -0.118. The lowest BCUT2D eigenvalue weighted by Crippen LogP contribution is -2.21. The second-order valence-electron chi connectivity index (χ2n) is 5.63. The van der Waals surface area contributed by atoms with Gasteiger partial charge in [0.1, 0.15) is 18.1 Å². The minimum Gasteiger partial charge on any atom is -0.487 e. The molecule has 1 amide bonds. The highest BCUT2D eigenvalue weighted by atomic mass is 16.5. The first-order valence-corrected chi connectivity index (χ1v) is 7.96. The highest BCUT2D eigenvalue weighted by Gasteiger charge is 2.11. The lowest BCUT2D eigenvalue weighted by Gasteiger charge is -2.14. The molecule has 0 saturated heterocycles. The molecule has 4 nitrogen and oxygen atoms in total. The van der Waals surface area contributed by atoms with Crippen LogP contribution in [0.1, 0.15) is 25.3 Å². The molecule has 0 aliphatic carbocycles. The van der Waals surface area contributed by atoms with E-state index in [2.05, 4.69) is 25.7 Å². The molecular formula is C20H23NO3. The van der Waals surface area contributed by atoms with E-state index in [0.29, 0.717) is 24.0 Å². The van der Waals surface area contributed by atoms with Crippen LogP contribution in [-0.2, 0) is 4.79 Å². The summed E-state index contributed by atoms with van der Waals surface area (Å²) in [7, 11) is 0. The van der Waals surface area contributed by atoms with Crippen LogP contribution in [0.4, 0.5) is 5.69 Å². The van der Waals surface area contributed by atoms with E-state index in [4.69, 9.17) is 9.47 Å². The molecule has 0 atom stereocenters. The second-order valence-corrected chi connectivity index (χ2v) is 5.63. The van der Waals surface area contributed by atoms with Crippen LogP contribution in [0.2, 0.25) is 0 Å². The van der Waals surface area contributed by atoms with Gasteiger partial charge in [-0.15, -0.1) is 0 Å². The number of carbonyl (C=O) groups is 1. The van der Waals surface area contributed by atoms with E-state index in [0.717, 1.165) is 11.3 Å². The van der Waals surface area contributed by atoms with E-state index in [1.165, 1.54) is 0 Å². The number of hydrogen-bond donors (Lipinski definition) is 1. The van der Waals surface area contributed by atoms with Crippen molar-refractivity contribution in [3.8, 4) is 11.5 Å². The second kappa shape index (κ2) is 8.77. The Bertz CT molecular complexity index is 695. The van der Waals surface area contributed by atoms with Gasteiger partial charge in [0.25, 0.3) is 5.91 Å². The van der Waals surface area contributed by atoms with E-state index >= 15 is 0 Å². The van der Waals surface area contributed by atoms with Crippen molar-refractivity contribution in [1.29, 1.82) is 0 Å². The number of hydrogen-bond acceptors (Lipinski definition) is 3. The van der Waals surface area contributed by atoms with Crippen LogP contribution >= 0.6 is 0 Å². The van der Waals surface area contributed by atoms with Crippen molar-refractivity contribution in [3.63, 3.8) is 0 Å². The molecule has 1 N–H and O–H groups in total. The monoisotopic (exact) mass is 325 g/mol. The summed E-state index contributed by atoms with van der Waals surface area (Å²) in [4.78, 5) is 12.2. The van der Waals surface area contributed by atoms with E-state index < -0.39 is 0 Å². The van der Waals surface area contributed by atoms with Gasteiger partial charge in [-0.1, -0.05) is 56.8 Å². The molecule has 24 heavy (non-hydrogen) atoms. The van der Waals surface area contributed by atoms with Gasteiger partial charge in [-0.2, -0.15) is 0 Å². The molecule has 0 aliphatic rings. The Morgan fingerprint density at radius 2 is 1.75 bits per heavy atom. The summed E-state index contributed by atoms with van der Waals surface area (Å²) in [6.07, 6.45) is 1.66. The first-order valence-electron chi connectivity index (χ1n) is 7.96. The van der Waals surface area contributed by atoms with Crippen LogP contribution in [0.3, 0.4) is 0 Å². The zero-order valence-corrected chi connectivity index (χ0v) is 14.1. The van der Waals surface area contributed by atoms with Gasteiger partial charge in [0, 0.05) is 0 Å². The maximum absolute atomic E-state index is 12.2. The SMILES string of the molecule is C=CCOc1ccccc1NC(=O)COc1ccccc1C(C)C. The Morgan fingerprint density at radius 3 is 2.46 bits per heavy atom. The molecule has 4 heteroatoms. The highest BCUT2D eigenvalue weighted by Crippen LogP contribution is 2.26. The maximum atomic E-state index is 12.2. The third-order valence-corrected chi connectivity index (χ3v) is 3.42. The van der Waals surface area contributed by atoms with Crippen molar-refractivity contribution in [2.45, 2.75) is 19.8 Å². The average molecular weight is 325 g/mol. The van der Waals surface area contributed by atoms with Crippen molar-refractivity contribution >= 4 is 11.6 Å². The molecule has 126 valence electrons. The molecule has 0 radical (unpaired) electrons. The van der Waals surface area contributed by atoms with Gasteiger partial charge >= 0.3 is 0 Å². The summed E-state index contributed by atoms with van der Waals surface area (Å²) >= 11 is 0. The van der Waals surface area contributed by atoms with Crippen LogP contribution in [0.25, 0.3) is 0 Å². The van der Waals surface area contributed by atoms with Crippen molar-refractivity contribution in [2.75, 3.05) is 18.5 Å². The van der Waals surface area contributed by atoms with E-state index in [1.54, 1.807) is 18.2 Å². The molecule has 0 fully saturated rings. The third kappa shape index (κ3) is 4.88. The summed E-state index contributed by atoms with van der Waals surface area (Å²) in [6, 6.07) is 15.0. The Balaban J connectivity index is 1.98. The van der Waals surface area contributed by atoms with Gasteiger partial charge in [-0.3, -0.25) is 4.79 Å². The van der Waals surface area contributed by atoms with Crippen LogP contribution < -0.4 is 14.8 Å².